The first-order valence-electron chi connectivity index (χ1n) is 6.24. The Hall–Kier alpha value is -0.350. The van der Waals surface area contributed by atoms with Crippen molar-refractivity contribution in [3.63, 3.8) is 0 Å². The summed E-state index contributed by atoms with van der Waals surface area (Å²) in [6, 6.07) is 2.07. The molecule has 1 N–H and O–H groups in total. The summed E-state index contributed by atoms with van der Waals surface area (Å²) in [5.41, 5.74) is 1.39. The third-order valence-corrected chi connectivity index (χ3v) is 5.07. The monoisotopic (exact) mass is 315 g/mol. The van der Waals surface area contributed by atoms with Crippen LogP contribution < -0.4 is 5.32 Å². The zero-order chi connectivity index (χ0) is 12.3. The number of fused-ring (bicyclic) bond motifs is 1. The maximum absolute atomic E-state index is 11.9. The Bertz CT molecular complexity index is 381. The molecule has 0 spiro atoms. The average Bonchev–Trinajstić information content (AvgIpc) is 2.86. The molecular weight excluding hydrogens is 298 g/mol. The van der Waals surface area contributed by atoms with Crippen LogP contribution in [0.1, 0.15) is 46.3 Å². The fourth-order valence-corrected chi connectivity index (χ4v) is 3.94. The van der Waals surface area contributed by atoms with Gasteiger partial charge in [-0.3, -0.25) is 4.79 Å². The largest absolute Gasteiger partial charge is 0.350 e. The molecule has 4 heteroatoms. The first-order chi connectivity index (χ1) is 8.20. The van der Waals surface area contributed by atoms with Crippen LogP contribution in [0, 0.1) is 0 Å². The van der Waals surface area contributed by atoms with Gasteiger partial charge < -0.3 is 5.32 Å². The van der Waals surface area contributed by atoms with E-state index >= 15 is 0 Å². The number of rotatable bonds is 5. The van der Waals surface area contributed by atoms with Crippen LogP contribution in [0.25, 0.3) is 0 Å². The van der Waals surface area contributed by atoms with Crippen LogP contribution in [0.5, 0.6) is 0 Å². The van der Waals surface area contributed by atoms with Gasteiger partial charge in [-0.05, 0) is 37.3 Å². The highest BCUT2D eigenvalue weighted by atomic mass is 79.9. The topological polar surface area (TPSA) is 29.1 Å². The second-order valence-electron chi connectivity index (χ2n) is 4.51. The van der Waals surface area contributed by atoms with Gasteiger partial charge >= 0.3 is 0 Å². The van der Waals surface area contributed by atoms with E-state index in [9.17, 15) is 4.79 Å². The molecule has 94 valence electrons. The van der Waals surface area contributed by atoms with Gasteiger partial charge in [-0.1, -0.05) is 29.3 Å². The van der Waals surface area contributed by atoms with Gasteiger partial charge in [0.2, 0.25) is 0 Å². The molecule has 0 radical (unpaired) electrons. The van der Waals surface area contributed by atoms with Crippen molar-refractivity contribution in [2.24, 2.45) is 0 Å². The molecule has 2 rings (SSSR count). The van der Waals surface area contributed by atoms with Gasteiger partial charge in [0, 0.05) is 16.2 Å². The summed E-state index contributed by atoms with van der Waals surface area (Å²) < 4.78 is 0. The Kier molecular flexibility index (Phi) is 4.62. The van der Waals surface area contributed by atoms with Crippen molar-refractivity contribution in [1.82, 2.24) is 5.32 Å². The minimum Gasteiger partial charge on any atom is -0.350 e. The molecule has 0 fully saturated rings. The van der Waals surface area contributed by atoms with Crippen molar-refractivity contribution < 1.29 is 4.79 Å². The summed E-state index contributed by atoms with van der Waals surface area (Å²) in [6.07, 6.45) is 5.80. The third-order valence-electron chi connectivity index (χ3n) is 3.06. The first-order valence-corrected chi connectivity index (χ1v) is 7.97. The Morgan fingerprint density at radius 3 is 3.12 bits per heavy atom. The molecule has 2 nitrogen and oxygen atoms in total. The molecular formula is C13H18BrNOS. The lowest BCUT2D eigenvalue weighted by atomic mass is 10.2. The van der Waals surface area contributed by atoms with Gasteiger partial charge in [-0.2, -0.15) is 0 Å². The second kappa shape index (κ2) is 6.01. The van der Waals surface area contributed by atoms with E-state index in [1.54, 1.807) is 11.3 Å². The summed E-state index contributed by atoms with van der Waals surface area (Å²) in [7, 11) is 0. The van der Waals surface area contributed by atoms with Gasteiger partial charge in [-0.25, -0.2) is 0 Å². The van der Waals surface area contributed by atoms with Crippen LogP contribution in [-0.4, -0.2) is 17.3 Å². The molecule has 1 amide bonds. The predicted octanol–water partition coefficient (Wildman–Crippen LogP) is 3.53. The normalized spacial score (nSPS) is 15.6. The van der Waals surface area contributed by atoms with Crippen LogP contribution >= 0.6 is 27.3 Å². The van der Waals surface area contributed by atoms with E-state index in [-0.39, 0.29) is 5.91 Å². The quantitative estimate of drug-likeness (QED) is 0.827. The molecule has 1 unspecified atom stereocenters. The highest BCUT2D eigenvalue weighted by Gasteiger charge is 2.18. The lowest BCUT2D eigenvalue weighted by Gasteiger charge is -2.09. The maximum atomic E-state index is 11.9. The van der Waals surface area contributed by atoms with E-state index in [0.717, 1.165) is 37.1 Å². The number of amides is 1. The molecule has 17 heavy (non-hydrogen) atoms. The number of carbonyl (C=O) groups is 1. The number of hydrogen-bond donors (Lipinski definition) is 1. The van der Waals surface area contributed by atoms with E-state index in [0.29, 0.717) is 4.83 Å². The Labute approximate surface area is 115 Å². The summed E-state index contributed by atoms with van der Waals surface area (Å²) in [5.74, 6) is 0.0879. The SMILES string of the molecule is CCCC(Br)CNC(=O)c1cc2c(s1)CCC2. The minimum atomic E-state index is 0.0879. The number of alkyl halides is 1. The fraction of sp³-hybridized carbons (Fsp3) is 0.615. The Balaban J connectivity index is 1.87. The summed E-state index contributed by atoms with van der Waals surface area (Å²) in [6.45, 7) is 2.87. The van der Waals surface area contributed by atoms with Crippen molar-refractivity contribution in [3.8, 4) is 0 Å². The number of thiophene rings is 1. The Morgan fingerprint density at radius 1 is 1.59 bits per heavy atom. The molecule has 1 aromatic heterocycles. The van der Waals surface area contributed by atoms with Gasteiger partial charge in [0.1, 0.15) is 0 Å². The molecule has 0 saturated carbocycles. The number of hydrogen-bond acceptors (Lipinski definition) is 2. The Morgan fingerprint density at radius 2 is 2.41 bits per heavy atom. The highest BCUT2D eigenvalue weighted by molar-refractivity contribution is 9.09. The van der Waals surface area contributed by atoms with Crippen LogP contribution in [0.4, 0.5) is 0 Å². The molecule has 1 atom stereocenters. The fourth-order valence-electron chi connectivity index (χ4n) is 2.15. The highest BCUT2D eigenvalue weighted by Crippen LogP contribution is 2.30. The molecule has 0 saturated heterocycles. The summed E-state index contributed by atoms with van der Waals surface area (Å²) in [4.78, 5) is 14.6. The molecule has 0 aliphatic heterocycles. The van der Waals surface area contributed by atoms with E-state index in [1.165, 1.54) is 16.9 Å². The minimum absolute atomic E-state index is 0.0879. The zero-order valence-corrected chi connectivity index (χ0v) is 12.5. The zero-order valence-electron chi connectivity index (χ0n) is 10.1. The number of aryl methyl sites for hydroxylation is 2. The number of halogens is 1. The van der Waals surface area contributed by atoms with Crippen molar-refractivity contribution in [2.75, 3.05) is 6.54 Å². The number of nitrogens with one attached hydrogen (secondary N) is 1. The summed E-state index contributed by atoms with van der Waals surface area (Å²) >= 11 is 5.24. The van der Waals surface area contributed by atoms with Crippen molar-refractivity contribution >= 4 is 33.2 Å². The molecule has 1 aromatic rings. The maximum Gasteiger partial charge on any atom is 0.261 e. The van der Waals surface area contributed by atoms with Crippen LogP contribution in [0.15, 0.2) is 6.07 Å². The third kappa shape index (κ3) is 3.32. The van der Waals surface area contributed by atoms with Gasteiger partial charge in [0.15, 0.2) is 0 Å². The lowest BCUT2D eigenvalue weighted by Crippen LogP contribution is -2.28. The molecule has 0 aromatic carbocycles. The number of carbonyl (C=O) groups excluding carboxylic acids is 1. The summed E-state index contributed by atoms with van der Waals surface area (Å²) in [5, 5.41) is 3.00. The average molecular weight is 316 g/mol. The first kappa shape index (κ1) is 13.1. The molecule has 1 heterocycles. The molecule has 1 aliphatic carbocycles. The van der Waals surface area contributed by atoms with Crippen LogP contribution in [0.2, 0.25) is 0 Å². The lowest BCUT2D eigenvalue weighted by molar-refractivity contribution is 0.0957. The van der Waals surface area contributed by atoms with Crippen molar-refractivity contribution in [2.45, 2.75) is 43.9 Å². The standard InChI is InChI=1S/C13H18BrNOS/c1-2-4-10(14)8-15-13(16)12-7-9-5-3-6-11(9)17-12/h7,10H,2-6,8H2,1H3,(H,15,16). The van der Waals surface area contributed by atoms with E-state index in [4.69, 9.17) is 0 Å². The van der Waals surface area contributed by atoms with Crippen molar-refractivity contribution in [3.05, 3.63) is 21.4 Å². The molecule has 1 aliphatic rings. The van der Waals surface area contributed by atoms with Gasteiger partial charge in [-0.15, -0.1) is 11.3 Å². The predicted molar refractivity (Wildman–Crippen MR) is 76.3 cm³/mol. The van der Waals surface area contributed by atoms with E-state index in [1.807, 2.05) is 0 Å². The smallest absolute Gasteiger partial charge is 0.261 e. The van der Waals surface area contributed by atoms with Crippen LogP contribution in [0.3, 0.4) is 0 Å². The van der Waals surface area contributed by atoms with E-state index < -0.39 is 0 Å². The van der Waals surface area contributed by atoms with Gasteiger partial charge in [0.25, 0.3) is 5.91 Å². The van der Waals surface area contributed by atoms with Gasteiger partial charge in [0.05, 0.1) is 4.88 Å². The van der Waals surface area contributed by atoms with E-state index in [2.05, 4.69) is 34.2 Å². The molecule has 0 bridgehead atoms. The second-order valence-corrected chi connectivity index (χ2v) is 6.94. The van der Waals surface area contributed by atoms with Crippen molar-refractivity contribution in [1.29, 1.82) is 0 Å². The van der Waals surface area contributed by atoms with Crippen LogP contribution in [-0.2, 0) is 12.8 Å².